The second-order valence-corrected chi connectivity index (χ2v) is 19.9. The van der Waals surface area contributed by atoms with Crippen LogP contribution in [0.2, 0.25) is 0 Å². The lowest BCUT2D eigenvalue weighted by Crippen LogP contribution is -2.18. The van der Waals surface area contributed by atoms with Crippen molar-refractivity contribution in [2.75, 3.05) is 0 Å². The van der Waals surface area contributed by atoms with Crippen LogP contribution in [0.4, 0.5) is 0 Å². The fraction of sp³-hybridized carbons (Fsp3) is 0.0909. The van der Waals surface area contributed by atoms with Crippen molar-refractivity contribution >= 4 is 10.8 Å². The molecule has 0 unspecified atom stereocenters. The summed E-state index contributed by atoms with van der Waals surface area (Å²) in [7, 11) is 0. The van der Waals surface area contributed by atoms with Crippen LogP contribution in [0.15, 0.2) is 219 Å². The number of pyridine rings is 4. The molecule has 0 N–H and O–H groups in total. The first-order valence-corrected chi connectivity index (χ1v) is 24.2. The molecule has 0 atom stereocenters. The third-order valence-corrected chi connectivity index (χ3v) is 15.0. The Morgan fingerprint density at radius 2 is 0.700 bits per heavy atom. The smallest absolute Gasteiger partial charge is 0.0900 e. The Morgan fingerprint density at radius 1 is 0.271 bits per heavy atom. The highest BCUT2D eigenvalue weighted by atomic mass is 14.8. The SMILES string of the molecule is CC1(C)c2cc(-c3ccc(-c4cc(-c5ccccn5)nc(-c5ccccn5)c4)cc3)ccc2-c2ccc3c4c(ccc3c21)-c1ccc(-c2ccnc(-c3cccc(-c5ccccc5)c3)c2)cc1C4(C)C. The highest BCUT2D eigenvalue weighted by Crippen LogP contribution is 2.57. The molecule has 7 aromatic carbocycles. The molecule has 4 heteroatoms. The van der Waals surface area contributed by atoms with Crippen molar-refractivity contribution in [3.63, 3.8) is 0 Å². The molecule has 4 heterocycles. The summed E-state index contributed by atoms with van der Waals surface area (Å²) in [6, 6.07) is 72.4. The van der Waals surface area contributed by atoms with Crippen molar-refractivity contribution < 1.29 is 0 Å². The molecule has 2 aliphatic rings. The van der Waals surface area contributed by atoms with E-state index < -0.39 is 0 Å². The van der Waals surface area contributed by atoms with E-state index in [4.69, 9.17) is 9.97 Å². The van der Waals surface area contributed by atoms with Crippen LogP contribution < -0.4 is 0 Å². The van der Waals surface area contributed by atoms with Gasteiger partial charge in [-0.3, -0.25) is 15.0 Å². The number of benzene rings is 7. The highest BCUT2D eigenvalue weighted by Gasteiger charge is 2.41. The maximum absolute atomic E-state index is 4.99. The first kappa shape index (κ1) is 41.6. The summed E-state index contributed by atoms with van der Waals surface area (Å²) in [4.78, 5) is 19.1. The van der Waals surface area contributed by atoms with Gasteiger partial charge in [-0.15, -0.1) is 0 Å². The fourth-order valence-electron chi connectivity index (χ4n) is 11.5. The molecule has 332 valence electrons. The minimum atomic E-state index is -0.211. The Bertz CT molecular complexity index is 3800. The zero-order valence-electron chi connectivity index (χ0n) is 39.6. The number of aromatic nitrogens is 4. The summed E-state index contributed by atoms with van der Waals surface area (Å²) in [5.74, 6) is 0. The predicted octanol–water partition coefficient (Wildman–Crippen LogP) is 16.7. The minimum Gasteiger partial charge on any atom is -0.256 e. The molecule has 2 aliphatic carbocycles. The zero-order valence-corrected chi connectivity index (χ0v) is 39.6. The molecular formula is C66H48N4. The third kappa shape index (κ3) is 6.74. The number of rotatable bonds is 7. The number of hydrogen-bond donors (Lipinski definition) is 0. The average Bonchev–Trinajstić information content (AvgIpc) is 3.80. The van der Waals surface area contributed by atoms with E-state index in [0.29, 0.717) is 0 Å². The molecule has 4 nitrogen and oxygen atoms in total. The first-order chi connectivity index (χ1) is 34.2. The minimum absolute atomic E-state index is 0.209. The number of fused-ring (bicyclic) bond motifs is 9. The van der Waals surface area contributed by atoms with E-state index in [0.717, 1.165) is 45.2 Å². The number of nitrogens with zero attached hydrogens (tertiary/aromatic N) is 4. The number of hydrogen-bond acceptors (Lipinski definition) is 4. The summed E-state index contributed by atoms with van der Waals surface area (Å²) in [6.45, 7) is 9.64. The molecule has 0 radical (unpaired) electrons. The molecule has 11 aromatic rings. The van der Waals surface area contributed by atoms with Gasteiger partial charge in [-0.2, -0.15) is 0 Å². The van der Waals surface area contributed by atoms with Gasteiger partial charge in [0, 0.05) is 35.0 Å². The lowest BCUT2D eigenvalue weighted by molar-refractivity contribution is 0.661. The molecule has 0 aliphatic heterocycles. The van der Waals surface area contributed by atoms with Crippen LogP contribution in [-0.4, -0.2) is 19.9 Å². The van der Waals surface area contributed by atoms with Crippen molar-refractivity contribution in [2.45, 2.75) is 38.5 Å². The second-order valence-electron chi connectivity index (χ2n) is 19.9. The molecule has 0 saturated carbocycles. The van der Waals surface area contributed by atoms with E-state index in [-0.39, 0.29) is 10.8 Å². The van der Waals surface area contributed by atoms with E-state index in [2.05, 4.69) is 201 Å². The first-order valence-electron chi connectivity index (χ1n) is 24.2. The third-order valence-electron chi connectivity index (χ3n) is 15.0. The van der Waals surface area contributed by atoms with Gasteiger partial charge in [0.1, 0.15) is 0 Å². The molecule has 0 spiro atoms. The molecule has 0 fully saturated rings. The molecule has 0 amide bonds. The highest BCUT2D eigenvalue weighted by molar-refractivity contribution is 6.04. The van der Waals surface area contributed by atoms with Crippen LogP contribution in [0.25, 0.3) is 112 Å². The van der Waals surface area contributed by atoms with Gasteiger partial charge in [0.25, 0.3) is 0 Å². The molecular weight excluding hydrogens is 849 g/mol. The van der Waals surface area contributed by atoms with Crippen LogP contribution in [0.3, 0.4) is 0 Å². The zero-order chi connectivity index (χ0) is 47.1. The Kier molecular flexibility index (Phi) is 9.50. The predicted molar refractivity (Wildman–Crippen MR) is 288 cm³/mol. The van der Waals surface area contributed by atoms with Crippen LogP contribution in [0.1, 0.15) is 49.9 Å². The molecule has 4 aromatic heterocycles. The lowest BCUT2D eigenvalue weighted by atomic mass is 9.76. The summed E-state index contributed by atoms with van der Waals surface area (Å²) in [5.41, 5.74) is 25.2. The quantitative estimate of drug-likeness (QED) is 0.160. The van der Waals surface area contributed by atoms with Crippen LogP contribution in [0.5, 0.6) is 0 Å². The van der Waals surface area contributed by atoms with Gasteiger partial charge in [0.15, 0.2) is 0 Å². The normalized spacial score (nSPS) is 13.7. The van der Waals surface area contributed by atoms with Crippen molar-refractivity contribution in [2.24, 2.45) is 0 Å². The topological polar surface area (TPSA) is 51.6 Å². The Balaban J connectivity index is 0.816. The summed E-state index contributed by atoms with van der Waals surface area (Å²) in [6.07, 6.45) is 5.57. The van der Waals surface area contributed by atoms with E-state index in [1.54, 1.807) is 0 Å². The summed E-state index contributed by atoms with van der Waals surface area (Å²) in [5, 5.41) is 2.68. The van der Waals surface area contributed by atoms with Gasteiger partial charge in [-0.25, -0.2) is 4.98 Å². The van der Waals surface area contributed by atoms with Gasteiger partial charge < -0.3 is 0 Å². The van der Waals surface area contributed by atoms with Gasteiger partial charge in [-0.05, 0) is 167 Å². The van der Waals surface area contributed by atoms with Gasteiger partial charge in [-0.1, -0.05) is 161 Å². The standard InChI is InChI=1S/C66H48N4/c1-65(2)56-36-45(42-19-21-43(22-20-42)49-39-61(58-17-8-10-32-67-58)70-62(40-49)59-18-9-11-33-68-59)23-25-50(56)52-27-29-55-54(63(52)65)30-28-53-51-26-24-46(37-57(51)66(3,4)64(53)55)47-31-34-69-60(38-47)48-16-12-15-44(35-48)41-13-6-5-7-14-41/h5-40H,1-4H3. The van der Waals surface area contributed by atoms with Crippen molar-refractivity contribution in [1.29, 1.82) is 0 Å². The van der Waals surface area contributed by atoms with E-state index in [9.17, 15) is 0 Å². The molecule has 70 heavy (non-hydrogen) atoms. The van der Waals surface area contributed by atoms with Gasteiger partial charge in [0.05, 0.1) is 28.5 Å². The Morgan fingerprint density at radius 3 is 1.27 bits per heavy atom. The largest absolute Gasteiger partial charge is 0.256 e. The fourth-order valence-corrected chi connectivity index (χ4v) is 11.5. The van der Waals surface area contributed by atoms with E-state index in [1.807, 2.05) is 55.0 Å². The maximum atomic E-state index is 4.99. The van der Waals surface area contributed by atoms with Gasteiger partial charge in [0.2, 0.25) is 0 Å². The second kappa shape index (κ2) is 16.0. The monoisotopic (exact) mass is 896 g/mol. The van der Waals surface area contributed by atoms with Gasteiger partial charge >= 0.3 is 0 Å². The van der Waals surface area contributed by atoms with Crippen LogP contribution >= 0.6 is 0 Å². The van der Waals surface area contributed by atoms with E-state index in [1.165, 1.54) is 88.7 Å². The Hall–Kier alpha value is -8.60. The molecule has 0 saturated heterocycles. The van der Waals surface area contributed by atoms with Crippen LogP contribution in [0, 0.1) is 0 Å². The van der Waals surface area contributed by atoms with Crippen molar-refractivity contribution in [1.82, 2.24) is 19.9 Å². The summed E-state index contributed by atoms with van der Waals surface area (Å²) < 4.78 is 0. The van der Waals surface area contributed by atoms with Crippen LogP contribution in [-0.2, 0) is 10.8 Å². The maximum Gasteiger partial charge on any atom is 0.0900 e. The van der Waals surface area contributed by atoms with Crippen molar-refractivity contribution in [3.8, 4) is 101 Å². The van der Waals surface area contributed by atoms with Crippen molar-refractivity contribution in [3.05, 3.63) is 241 Å². The molecule has 13 rings (SSSR count). The average molecular weight is 897 g/mol. The lowest BCUT2D eigenvalue weighted by Gasteiger charge is -2.27. The van der Waals surface area contributed by atoms with E-state index >= 15 is 0 Å². The summed E-state index contributed by atoms with van der Waals surface area (Å²) >= 11 is 0. The molecule has 0 bridgehead atoms. The Labute approximate surface area is 409 Å².